The minimum Gasteiger partial charge on any atom is -0.508 e. The van der Waals surface area contributed by atoms with Crippen molar-refractivity contribution in [1.29, 1.82) is 0 Å². The Morgan fingerprint density at radius 1 is 0.826 bits per heavy atom. The molecule has 0 spiro atoms. The molecule has 4 N–H and O–H groups in total. The monoisotopic (exact) mass is 619 g/mol. The zero-order valence-corrected chi connectivity index (χ0v) is 26.4. The molecule has 0 radical (unpaired) electrons. The summed E-state index contributed by atoms with van der Waals surface area (Å²) in [5.41, 5.74) is 11.5. The Balaban J connectivity index is 1.24. The first-order valence-electron chi connectivity index (χ1n) is 16.3. The predicted molar refractivity (Wildman–Crippen MR) is 182 cm³/mol. The largest absolute Gasteiger partial charge is 0.508 e. The molecule has 0 aliphatic heterocycles. The summed E-state index contributed by atoms with van der Waals surface area (Å²) in [6.45, 7) is 2.67. The van der Waals surface area contributed by atoms with Gasteiger partial charge in [0.15, 0.2) is 0 Å². The van der Waals surface area contributed by atoms with E-state index >= 15 is 0 Å². The Bertz CT molecular complexity index is 1560. The number of benzene rings is 4. The second-order valence-corrected chi connectivity index (χ2v) is 12.3. The number of amides is 2. The number of carbonyl (C=O) groups excluding carboxylic acids is 2. The van der Waals surface area contributed by atoms with Gasteiger partial charge in [-0.15, -0.1) is 0 Å². The van der Waals surface area contributed by atoms with Crippen molar-refractivity contribution in [2.75, 3.05) is 26.2 Å². The molecule has 2 atom stereocenters. The summed E-state index contributed by atoms with van der Waals surface area (Å²) in [5, 5.41) is 12.8. The molecule has 240 valence electrons. The molecule has 4 aromatic rings. The van der Waals surface area contributed by atoms with Gasteiger partial charge in [0.2, 0.25) is 5.91 Å². The molecular weight excluding hydrogens is 574 g/mol. The van der Waals surface area contributed by atoms with E-state index in [9.17, 15) is 14.7 Å². The lowest BCUT2D eigenvalue weighted by Crippen LogP contribution is -2.35. The van der Waals surface area contributed by atoms with Crippen LogP contribution in [0.4, 0.5) is 0 Å². The summed E-state index contributed by atoms with van der Waals surface area (Å²) < 4.78 is 5.80. The average molecular weight is 620 g/mol. The van der Waals surface area contributed by atoms with Crippen molar-refractivity contribution in [1.82, 2.24) is 10.2 Å². The third-order valence-corrected chi connectivity index (χ3v) is 8.83. The summed E-state index contributed by atoms with van der Waals surface area (Å²) in [6.07, 6.45) is 5.23. The summed E-state index contributed by atoms with van der Waals surface area (Å²) in [5.74, 6) is 1.11. The SMILES string of the molecule is NCC1CCCC(CNC(=O)c2cccc(-c3cccc(CN(CCc4ccc(O)cc4)C(=O)COCc4ccccc4)c3)c2)C1. The molecule has 1 fully saturated rings. The van der Waals surface area contributed by atoms with Gasteiger partial charge in [0.25, 0.3) is 5.91 Å². The quantitative estimate of drug-likeness (QED) is 0.153. The number of hydrogen-bond donors (Lipinski definition) is 3. The van der Waals surface area contributed by atoms with Gasteiger partial charge in [-0.2, -0.15) is 0 Å². The van der Waals surface area contributed by atoms with Crippen LogP contribution in [0.3, 0.4) is 0 Å². The van der Waals surface area contributed by atoms with E-state index in [0.717, 1.165) is 47.2 Å². The fourth-order valence-electron chi connectivity index (χ4n) is 6.19. The van der Waals surface area contributed by atoms with Crippen LogP contribution in [0.1, 0.15) is 52.7 Å². The van der Waals surface area contributed by atoms with Gasteiger partial charge in [0.1, 0.15) is 12.4 Å². The molecule has 0 saturated heterocycles. The van der Waals surface area contributed by atoms with Gasteiger partial charge in [-0.25, -0.2) is 0 Å². The third-order valence-electron chi connectivity index (χ3n) is 8.83. The summed E-state index contributed by atoms with van der Waals surface area (Å²) >= 11 is 0. The van der Waals surface area contributed by atoms with Gasteiger partial charge in [-0.3, -0.25) is 9.59 Å². The van der Waals surface area contributed by atoms with Crippen LogP contribution in [0.25, 0.3) is 11.1 Å². The zero-order chi connectivity index (χ0) is 32.1. The van der Waals surface area contributed by atoms with Crippen LogP contribution < -0.4 is 11.1 Å². The minimum atomic E-state index is -0.0884. The fourth-order valence-corrected chi connectivity index (χ4v) is 6.19. The maximum absolute atomic E-state index is 13.4. The molecule has 0 heterocycles. The number of rotatable bonds is 14. The first kappa shape index (κ1) is 32.9. The van der Waals surface area contributed by atoms with Crippen molar-refractivity contribution in [2.24, 2.45) is 17.6 Å². The van der Waals surface area contributed by atoms with E-state index in [2.05, 4.69) is 11.4 Å². The van der Waals surface area contributed by atoms with E-state index < -0.39 is 0 Å². The molecular formula is C39H45N3O4. The molecule has 7 nitrogen and oxygen atoms in total. The summed E-state index contributed by atoms with van der Waals surface area (Å²) in [7, 11) is 0. The Morgan fingerprint density at radius 3 is 2.33 bits per heavy atom. The number of phenols is 1. The number of hydrogen-bond acceptors (Lipinski definition) is 5. The Kier molecular flexibility index (Phi) is 12.0. The highest BCUT2D eigenvalue weighted by Gasteiger charge is 2.22. The van der Waals surface area contributed by atoms with E-state index in [1.54, 1.807) is 12.1 Å². The normalized spacial score (nSPS) is 16.1. The van der Waals surface area contributed by atoms with Crippen molar-refractivity contribution in [2.45, 2.75) is 45.3 Å². The van der Waals surface area contributed by atoms with E-state index in [0.29, 0.717) is 50.1 Å². The van der Waals surface area contributed by atoms with Crippen molar-refractivity contribution >= 4 is 11.8 Å². The van der Waals surface area contributed by atoms with Crippen LogP contribution in [0.15, 0.2) is 103 Å². The standard InChI is InChI=1S/C39H45N3O4/c40-24-31-9-4-10-32(21-31)25-41-39(45)36-14-6-13-35(23-36)34-12-5-11-33(22-34)26-42(20-19-29-15-17-37(43)18-16-29)38(44)28-46-27-30-7-2-1-3-8-30/h1-3,5-8,11-18,22-23,31-32,43H,4,9-10,19-21,24-28,40H2,(H,41,45). The van der Waals surface area contributed by atoms with Crippen molar-refractivity contribution in [3.8, 4) is 16.9 Å². The second-order valence-electron chi connectivity index (χ2n) is 12.3. The van der Waals surface area contributed by atoms with E-state index in [4.69, 9.17) is 10.5 Å². The van der Waals surface area contributed by atoms with Crippen LogP contribution in [-0.4, -0.2) is 48.1 Å². The first-order valence-corrected chi connectivity index (χ1v) is 16.3. The van der Waals surface area contributed by atoms with Crippen LogP contribution in [0.2, 0.25) is 0 Å². The fraction of sp³-hybridized carbons (Fsp3) is 0.333. The summed E-state index contributed by atoms with van der Waals surface area (Å²) in [4.78, 5) is 28.3. The maximum Gasteiger partial charge on any atom is 0.251 e. The van der Waals surface area contributed by atoms with Gasteiger partial charge >= 0.3 is 0 Å². The van der Waals surface area contributed by atoms with E-state index in [1.807, 2.05) is 89.8 Å². The lowest BCUT2D eigenvalue weighted by Gasteiger charge is -2.28. The molecule has 2 amide bonds. The van der Waals surface area contributed by atoms with E-state index in [-0.39, 0.29) is 24.2 Å². The molecule has 1 aliphatic carbocycles. The van der Waals surface area contributed by atoms with Gasteiger partial charge in [-0.05, 0) is 102 Å². The van der Waals surface area contributed by atoms with Gasteiger partial charge in [0, 0.05) is 25.2 Å². The van der Waals surface area contributed by atoms with Crippen molar-refractivity contribution in [3.05, 3.63) is 125 Å². The number of carbonyl (C=O) groups is 2. The predicted octanol–water partition coefficient (Wildman–Crippen LogP) is 6.34. The highest BCUT2D eigenvalue weighted by Crippen LogP contribution is 2.28. The van der Waals surface area contributed by atoms with Crippen LogP contribution in [0.5, 0.6) is 5.75 Å². The van der Waals surface area contributed by atoms with Crippen LogP contribution >= 0.6 is 0 Å². The molecule has 0 bridgehead atoms. The van der Waals surface area contributed by atoms with Gasteiger partial charge in [0.05, 0.1) is 6.61 Å². The number of nitrogens with zero attached hydrogens (tertiary/aromatic N) is 1. The molecule has 4 aromatic carbocycles. The second kappa shape index (κ2) is 16.7. The minimum absolute atomic E-state index is 0.0188. The lowest BCUT2D eigenvalue weighted by molar-refractivity contribution is -0.137. The maximum atomic E-state index is 13.4. The molecule has 1 aliphatic rings. The topological polar surface area (TPSA) is 105 Å². The molecule has 0 aromatic heterocycles. The molecule has 2 unspecified atom stereocenters. The highest BCUT2D eigenvalue weighted by molar-refractivity contribution is 5.95. The number of nitrogens with two attached hydrogens (primary N) is 1. The van der Waals surface area contributed by atoms with Gasteiger partial charge < -0.3 is 25.8 Å². The summed E-state index contributed by atoms with van der Waals surface area (Å²) in [6, 6.07) is 32.7. The molecule has 5 rings (SSSR count). The lowest BCUT2D eigenvalue weighted by atomic mass is 9.81. The molecule has 7 heteroatoms. The third kappa shape index (κ3) is 9.77. The molecule has 1 saturated carbocycles. The smallest absolute Gasteiger partial charge is 0.251 e. The van der Waals surface area contributed by atoms with Crippen LogP contribution in [0, 0.1) is 11.8 Å². The highest BCUT2D eigenvalue weighted by atomic mass is 16.5. The number of aromatic hydroxyl groups is 1. The number of nitrogens with one attached hydrogen (secondary N) is 1. The molecule has 46 heavy (non-hydrogen) atoms. The van der Waals surface area contributed by atoms with Gasteiger partial charge in [-0.1, -0.05) is 79.2 Å². The Hall–Kier alpha value is -4.46. The number of ether oxygens (including phenoxy) is 1. The van der Waals surface area contributed by atoms with Crippen LogP contribution in [-0.2, 0) is 29.1 Å². The number of phenolic OH excluding ortho intramolecular Hbond substituents is 1. The Labute approximate surface area is 272 Å². The van der Waals surface area contributed by atoms with Crippen molar-refractivity contribution in [3.63, 3.8) is 0 Å². The average Bonchev–Trinajstić information content (AvgIpc) is 3.10. The van der Waals surface area contributed by atoms with Crippen molar-refractivity contribution < 1.29 is 19.4 Å². The van der Waals surface area contributed by atoms with E-state index in [1.165, 1.54) is 12.8 Å². The zero-order valence-electron chi connectivity index (χ0n) is 26.4. The first-order chi connectivity index (χ1) is 22.5. The Morgan fingerprint density at radius 2 is 1.54 bits per heavy atom.